The monoisotopic (exact) mass is 232 g/mol. The van der Waals surface area contributed by atoms with Crippen LogP contribution in [0.15, 0.2) is 24.3 Å². The number of hydrogen-bond donors (Lipinski definition) is 1. The molecule has 0 bridgehead atoms. The highest BCUT2D eigenvalue weighted by atomic mass is 19.1. The predicted molar refractivity (Wildman–Crippen MR) is 62.4 cm³/mol. The standard InChI is InChI=1S/C12H13FN4/c1-8-15-12-14-6-5-11(17(12)16-8)9-3-2-4-10(13)7-9/h2-4,7,11H,5-6H2,1H3,(H,14,15,16). The van der Waals surface area contributed by atoms with Crippen molar-refractivity contribution in [3.8, 4) is 0 Å². The highest BCUT2D eigenvalue weighted by Crippen LogP contribution is 2.28. The predicted octanol–water partition coefficient (Wildman–Crippen LogP) is 2.13. The highest BCUT2D eigenvalue weighted by molar-refractivity contribution is 5.32. The Hall–Kier alpha value is -1.91. The van der Waals surface area contributed by atoms with Gasteiger partial charge in [-0.25, -0.2) is 9.07 Å². The molecular weight excluding hydrogens is 219 g/mol. The van der Waals surface area contributed by atoms with Crippen LogP contribution in [0.1, 0.15) is 23.9 Å². The lowest BCUT2D eigenvalue weighted by molar-refractivity contribution is 0.475. The first-order chi connectivity index (χ1) is 8.24. The van der Waals surface area contributed by atoms with Crippen molar-refractivity contribution >= 4 is 5.95 Å². The molecule has 2 aromatic rings. The van der Waals surface area contributed by atoms with E-state index < -0.39 is 0 Å². The Balaban J connectivity index is 2.05. The molecule has 1 aromatic heterocycles. The molecule has 0 aliphatic carbocycles. The molecule has 1 N–H and O–H groups in total. The van der Waals surface area contributed by atoms with E-state index in [2.05, 4.69) is 15.4 Å². The summed E-state index contributed by atoms with van der Waals surface area (Å²) in [7, 11) is 0. The number of hydrogen-bond acceptors (Lipinski definition) is 3. The molecule has 1 aromatic carbocycles. The number of fused-ring (bicyclic) bond motifs is 1. The van der Waals surface area contributed by atoms with Gasteiger partial charge in [0.15, 0.2) is 0 Å². The van der Waals surface area contributed by atoms with Crippen LogP contribution in [-0.4, -0.2) is 21.3 Å². The molecule has 0 radical (unpaired) electrons. The van der Waals surface area contributed by atoms with Crippen LogP contribution in [0.5, 0.6) is 0 Å². The maximum Gasteiger partial charge on any atom is 0.221 e. The van der Waals surface area contributed by atoms with E-state index in [0.29, 0.717) is 0 Å². The molecule has 17 heavy (non-hydrogen) atoms. The summed E-state index contributed by atoms with van der Waals surface area (Å²) in [6.07, 6.45) is 0.888. The van der Waals surface area contributed by atoms with E-state index in [4.69, 9.17) is 0 Å². The van der Waals surface area contributed by atoms with Crippen molar-refractivity contribution in [1.29, 1.82) is 0 Å². The van der Waals surface area contributed by atoms with E-state index in [0.717, 1.165) is 30.3 Å². The van der Waals surface area contributed by atoms with Crippen LogP contribution in [-0.2, 0) is 0 Å². The van der Waals surface area contributed by atoms with E-state index >= 15 is 0 Å². The van der Waals surface area contributed by atoms with Gasteiger partial charge in [-0.05, 0) is 31.0 Å². The van der Waals surface area contributed by atoms with Crippen molar-refractivity contribution in [2.45, 2.75) is 19.4 Å². The number of benzene rings is 1. The molecule has 5 heteroatoms. The molecule has 3 rings (SSSR count). The molecular formula is C12H13FN4. The summed E-state index contributed by atoms with van der Waals surface area (Å²) in [6, 6.07) is 6.76. The van der Waals surface area contributed by atoms with Crippen molar-refractivity contribution in [2.75, 3.05) is 11.9 Å². The summed E-state index contributed by atoms with van der Waals surface area (Å²) in [5.74, 6) is 1.29. The zero-order valence-electron chi connectivity index (χ0n) is 9.52. The van der Waals surface area contributed by atoms with Gasteiger partial charge in [-0.1, -0.05) is 12.1 Å². The van der Waals surface area contributed by atoms with Crippen molar-refractivity contribution in [1.82, 2.24) is 14.8 Å². The van der Waals surface area contributed by atoms with Gasteiger partial charge < -0.3 is 5.32 Å². The van der Waals surface area contributed by atoms with E-state index in [1.807, 2.05) is 17.7 Å². The Morgan fingerprint density at radius 3 is 3.18 bits per heavy atom. The molecule has 1 atom stereocenters. The number of nitrogens with zero attached hydrogens (tertiary/aromatic N) is 3. The van der Waals surface area contributed by atoms with E-state index in [9.17, 15) is 4.39 Å². The Kier molecular flexibility index (Phi) is 2.31. The number of anilines is 1. The normalized spacial score (nSPS) is 18.6. The second kappa shape index (κ2) is 3.84. The van der Waals surface area contributed by atoms with Crippen molar-refractivity contribution in [3.05, 3.63) is 41.5 Å². The third-order valence-corrected chi connectivity index (χ3v) is 2.97. The van der Waals surface area contributed by atoms with Gasteiger partial charge in [-0.15, -0.1) is 0 Å². The lowest BCUT2D eigenvalue weighted by Gasteiger charge is -2.24. The quantitative estimate of drug-likeness (QED) is 0.819. The first-order valence-corrected chi connectivity index (χ1v) is 5.66. The minimum atomic E-state index is -0.209. The maximum absolute atomic E-state index is 13.2. The SMILES string of the molecule is Cc1nc2n(n1)C(c1cccc(F)c1)CCN2. The summed E-state index contributed by atoms with van der Waals surface area (Å²) < 4.78 is 15.1. The molecule has 4 nitrogen and oxygen atoms in total. The smallest absolute Gasteiger partial charge is 0.221 e. The Bertz CT molecular complexity index is 549. The second-order valence-corrected chi connectivity index (χ2v) is 4.21. The van der Waals surface area contributed by atoms with Gasteiger partial charge in [0.25, 0.3) is 0 Å². The van der Waals surface area contributed by atoms with Crippen molar-refractivity contribution in [3.63, 3.8) is 0 Å². The van der Waals surface area contributed by atoms with Gasteiger partial charge in [0, 0.05) is 6.54 Å². The molecule has 0 fully saturated rings. The van der Waals surface area contributed by atoms with Crippen LogP contribution < -0.4 is 5.32 Å². The summed E-state index contributed by atoms with van der Waals surface area (Å²) in [5, 5.41) is 7.55. The minimum absolute atomic E-state index is 0.0724. The molecule has 1 unspecified atom stereocenters. The van der Waals surface area contributed by atoms with Gasteiger partial charge in [0.2, 0.25) is 5.95 Å². The van der Waals surface area contributed by atoms with E-state index in [-0.39, 0.29) is 11.9 Å². The average molecular weight is 232 g/mol. The average Bonchev–Trinajstić information content (AvgIpc) is 2.68. The van der Waals surface area contributed by atoms with Crippen molar-refractivity contribution in [2.24, 2.45) is 0 Å². The van der Waals surface area contributed by atoms with Gasteiger partial charge in [0.05, 0.1) is 6.04 Å². The fourth-order valence-electron chi connectivity index (χ4n) is 2.23. The fraction of sp³-hybridized carbons (Fsp3) is 0.333. The minimum Gasteiger partial charge on any atom is -0.354 e. The van der Waals surface area contributed by atoms with Crippen LogP contribution in [0.4, 0.5) is 10.3 Å². The number of nitrogens with one attached hydrogen (secondary N) is 1. The highest BCUT2D eigenvalue weighted by Gasteiger charge is 2.23. The largest absolute Gasteiger partial charge is 0.354 e. The van der Waals surface area contributed by atoms with Crippen LogP contribution >= 0.6 is 0 Å². The molecule has 0 saturated carbocycles. The first-order valence-electron chi connectivity index (χ1n) is 5.66. The van der Waals surface area contributed by atoms with Crippen LogP contribution in [0.25, 0.3) is 0 Å². The molecule has 0 spiro atoms. The third-order valence-electron chi connectivity index (χ3n) is 2.97. The van der Waals surface area contributed by atoms with Gasteiger partial charge in [-0.2, -0.15) is 10.1 Å². The molecule has 88 valence electrons. The van der Waals surface area contributed by atoms with E-state index in [1.54, 1.807) is 12.1 Å². The lowest BCUT2D eigenvalue weighted by Crippen LogP contribution is -2.24. The van der Waals surface area contributed by atoms with Crippen molar-refractivity contribution < 1.29 is 4.39 Å². The molecule has 2 heterocycles. The van der Waals surface area contributed by atoms with Crippen LogP contribution in [0, 0.1) is 12.7 Å². The zero-order chi connectivity index (χ0) is 11.8. The first kappa shape index (κ1) is 10.3. The zero-order valence-corrected chi connectivity index (χ0v) is 9.52. The molecule has 0 amide bonds. The Morgan fingerprint density at radius 2 is 2.35 bits per heavy atom. The summed E-state index contributed by atoms with van der Waals surface area (Å²) in [6.45, 7) is 2.69. The van der Waals surface area contributed by atoms with Gasteiger partial charge >= 0.3 is 0 Å². The van der Waals surface area contributed by atoms with Crippen LogP contribution in [0.2, 0.25) is 0 Å². The van der Waals surface area contributed by atoms with Gasteiger partial charge in [0.1, 0.15) is 11.6 Å². The van der Waals surface area contributed by atoms with Crippen LogP contribution in [0.3, 0.4) is 0 Å². The Morgan fingerprint density at radius 1 is 1.47 bits per heavy atom. The number of aryl methyl sites for hydroxylation is 1. The lowest BCUT2D eigenvalue weighted by atomic mass is 10.0. The van der Waals surface area contributed by atoms with Gasteiger partial charge in [-0.3, -0.25) is 0 Å². The topological polar surface area (TPSA) is 42.7 Å². The van der Waals surface area contributed by atoms with E-state index in [1.165, 1.54) is 6.07 Å². The molecule has 1 aliphatic heterocycles. The maximum atomic E-state index is 13.2. The summed E-state index contributed by atoms with van der Waals surface area (Å²) in [5.41, 5.74) is 0.942. The number of rotatable bonds is 1. The summed E-state index contributed by atoms with van der Waals surface area (Å²) >= 11 is 0. The Labute approximate surface area is 98.5 Å². The molecule has 0 saturated heterocycles. The number of aromatic nitrogens is 3. The summed E-state index contributed by atoms with van der Waals surface area (Å²) in [4.78, 5) is 4.30. The molecule has 1 aliphatic rings. The third kappa shape index (κ3) is 1.77. The fourth-order valence-corrected chi connectivity index (χ4v) is 2.23. The number of halogens is 1. The second-order valence-electron chi connectivity index (χ2n) is 4.21.